The Balaban J connectivity index is 3.75. The topological polar surface area (TPSA) is 52.6 Å². The molecule has 0 amide bonds. The van der Waals surface area contributed by atoms with Crippen molar-refractivity contribution >= 4 is 11.9 Å². The minimum absolute atomic E-state index is 0.00641. The highest BCUT2D eigenvalue weighted by atomic mass is 16.6. The first kappa shape index (κ1) is 58.8. The predicted octanol–water partition coefficient (Wildman–Crippen LogP) is 11.1. The molecule has 338 valence electrons. The molecule has 4 heteroatoms. The van der Waals surface area contributed by atoms with Crippen LogP contribution in [0.15, 0.2) is 0 Å². The second-order valence-electron chi connectivity index (χ2n) is 14.9. The van der Waals surface area contributed by atoms with Crippen LogP contribution in [-0.2, 0) is 19.1 Å². The fourth-order valence-corrected chi connectivity index (χ4v) is 6.05. The van der Waals surface area contributed by atoms with Gasteiger partial charge in [-0.1, -0.05) is 180 Å². The Hall–Kier alpha value is -7.22. The van der Waals surface area contributed by atoms with Crippen LogP contribution in [0.2, 0.25) is 0 Å². The van der Waals surface area contributed by atoms with Gasteiger partial charge in [-0.2, -0.15) is 0 Å². The third-order valence-corrected chi connectivity index (χ3v) is 9.42. The van der Waals surface area contributed by atoms with E-state index in [2.05, 4.69) is 173 Å². The minimum Gasteiger partial charge on any atom is -0.462 e. The van der Waals surface area contributed by atoms with Crippen molar-refractivity contribution in [1.29, 1.82) is 0 Å². The van der Waals surface area contributed by atoms with E-state index >= 15 is 0 Å². The maximum absolute atomic E-state index is 12.0. The molecule has 0 unspecified atom stereocenters. The number of rotatable bonds is 31. The average Bonchev–Trinajstić information content (AvgIpc) is 3.32. The molecule has 0 aliphatic rings. The molecule has 0 saturated carbocycles. The second-order valence-corrected chi connectivity index (χ2v) is 14.9. The van der Waals surface area contributed by atoms with Crippen molar-refractivity contribution in [2.24, 2.45) is 0 Å². The van der Waals surface area contributed by atoms with Gasteiger partial charge < -0.3 is 9.47 Å². The zero-order chi connectivity index (χ0) is 47.6. The smallest absolute Gasteiger partial charge is 0.385 e. The lowest BCUT2D eigenvalue weighted by Gasteiger charge is -2.05. The van der Waals surface area contributed by atoms with Crippen LogP contribution in [0, 0.1) is 166 Å². The van der Waals surface area contributed by atoms with Crippen LogP contribution in [0.3, 0.4) is 0 Å². The molecule has 0 fully saturated rings. The van der Waals surface area contributed by atoms with Gasteiger partial charge in [0, 0.05) is 71.5 Å². The van der Waals surface area contributed by atoms with E-state index in [9.17, 15) is 9.59 Å². The van der Waals surface area contributed by atoms with E-state index < -0.39 is 5.97 Å². The summed E-state index contributed by atoms with van der Waals surface area (Å²) in [6, 6.07) is 0. The molecule has 0 atom stereocenters. The second kappa shape index (κ2) is 53.9. The lowest BCUT2D eigenvalue weighted by molar-refractivity contribution is -0.149. The van der Waals surface area contributed by atoms with E-state index in [-0.39, 0.29) is 19.2 Å². The van der Waals surface area contributed by atoms with Crippen molar-refractivity contribution in [1.82, 2.24) is 0 Å². The number of esters is 2. The molecule has 0 aromatic rings. The van der Waals surface area contributed by atoms with Gasteiger partial charge in [0.05, 0.1) is 0 Å². The van der Waals surface area contributed by atoms with E-state index in [0.717, 1.165) is 19.3 Å². The number of unbranched alkanes of at least 4 members (excludes halogenated alkanes) is 26. The molecule has 0 aromatic carbocycles. The zero-order valence-corrected chi connectivity index (χ0v) is 39.8. The molecule has 0 aliphatic heterocycles. The van der Waals surface area contributed by atoms with E-state index in [1.165, 1.54) is 154 Å². The van der Waals surface area contributed by atoms with Gasteiger partial charge in [-0.25, -0.2) is 4.79 Å². The standard InChI is InChI=1S/C62H66O4/c1-3-5-7-9-11-13-15-17-19-21-23-25-27-29-31-33-35-37-39-41-43-45-47-49-51-53-55-57-61(63)65-59-60-66-62(64)58-56-54-52-50-48-46-44-42-40-38-36-34-32-30-28-26-24-22-20-18-16-14-12-10-8-6-4-2/h3,5,7,9,11,13,15,17,19,21,23,25,27,29,31,33,35,37,39,41,43,45,47,49,51,53,55,57,59-60H2,1-2H3. The van der Waals surface area contributed by atoms with Crippen LogP contribution in [0.5, 0.6) is 0 Å². The number of ether oxygens (including phenoxy) is 2. The lowest BCUT2D eigenvalue weighted by atomic mass is 10.0. The molecule has 0 aromatic heterocycles. The van der Waals surface area contributed by atoms with Crippen LogP contribution < -0.4 is 0 Å². The van der Waals surface area contributed by atoms with Gasteiger partial charge >= 0.3 is 11.9 Å². The van der Waals surface area contributed by atoms with E-state index in [1.54, 1.807) is 6.92 Å². The van der Waals surface area contributed by atoms with Crippen molar-refractivity contribution in [2.45, 2.75) is 194 Å². The predicted molar refractivity (Wildman–Crippen MR) is 271 cm³/mol. The number of carbonyl (C=O) groups excluding carboxylic acids is 2. The molecule has 0 heterocycles. The van der Waals surface area contributed by atoms with Crippen molar-refractivity contribution in [2.75, 3.05) is 13.2 Å². The first-order valence-electron chi connectivity index (χ1n) is 24.0. The third-order valence-electron chi connectivity index (χ3n) is 9.42. The van der Waals surface area contributed by atoms with Crippen LogP contribution in [0.1, 0.15) is 194 Å². The quantitative estimate of drug-likeness (QED) is 0.0301. The van der Waals surface area contributed by atoms with Gasteiger partial charge in [-0.15, -0.1) is 0 Å². The third kappa shape index (κ3) is 52.9. The highest BCUT2D eigenvalue weighted by Crippen LogP contribution is 2.16. The Morgan fingerprint density at radius 2 is 0.515 bits per heavy atom. The molecule has 0 N–H and O–H groups in total. The monoisotopic (exact) mass is 874 g/mol. The normalized spacial score (nSPS) is 8.09. The van der Waals surface area contributed by atoms with Crippen LogP contribution in [0.25, 0.3) is 0 Å². The molecule has 66 heavy (non-hydrogen) atoms. The van der Waals surface area contributed by atoms with Gasteiger partial charge in [0.2, 0.25) is 0 Å². The minimum atomic E-state index is -0.767. The summed E-state index contributed by atoms with van der Waals surface area (Å²) in [6.45, 7) is 3.90. The van der Waals surface area contributed by atoms with Gasteiger partial charge in [0.1, 0.15) is 13.2 Å². The molecule has 0 saturated heterocycles. The van der Waals surface area contributed by atoms with Crippen molar-refractivity contribution in [3.8, 4) is 166 Å². The van der Waals surface area contributed by atoms with E-state index in [1.807, 2.05) is 0 Å². The summed E-state index contributed by atoms with van der Waals surface area (Å²) in [7, 11) is 0. The SMILES string of the molecule is CC#CC#CC#CC#CC#CC#CC#CC#CC#CC#CC#CC#CC#CC#CC(=O)OCCOC(=O)CCCCCCCCCCCCCCCCCCCCCCCCCCCCC. The van der Waals surface area contributed by atoms with Crippen molar-refractivity contribution in [3.05, 3.63) is 0 Å². The summed E-state index contributed by atoms with van der Waals surface area (Å²) in [6.07, 6.45) is 36.9. The van der Waals surface area contributed by atoms with Crippen molar-refractivity contribution in [3.63, 3.8) is 0 Å². The summed E-state index contributed by atoms with van der Waals surface area (Å²) >= 11 is 0. The number of hydrogen-bond acceptors (Lipinski definition) is 4. The highest BCUT2D eigenvalue weighted by molar-refractivity contribution is 5.89. The zero-order valence-electron chi connectivity index (χ0n) is 39.8. The highest BCUT2D eigenvalue weighted by Gasteiger charge is 2.04. The molecule has 0 bridgehead atoms. The van der Waals surface area contributed by atoms with Gasteiger partial charge in [-0.3, -0.25) is 4.79 Å². The summed E-state index contributed by atoms with van der Waals surface area (Å²) in [5.41, 5.74) is 0. The van der Waals surface area contributed by atoms with Crippen LogP contribution >= 0.6 is 0 Å². The molecule has 4 nitrogen and oxygen atoms in total. The lowest BCUT2D eigenvalue weighted by Crippen LogP contribution is -2.12. The van der Waals surface area contributed by atoms with Crippen LogP contribution in [0.4, 0.5) is 0 Å². The first-order chi connectivity index (χ1) is 32.7. The molecular weight excluding hydrogens is 809 g/mol. The number of hydrogen-bond donors (Lipinski definition) is 0. The molecule has 0 rings (SSSR count). The molecular formula is C62H66O4. The first-order valence-corrected chi connectivity index (χ1v) is 24.0. The molecule has 0 aliphatic carbocycles. The fourth-order valence-electron chi connectivity index (χ4n) is 6.05. The fraction of sp³-hybridized carbons (Fsp3) is 0.516. The summed E-state index contributed by atoms with van der Waals surface area (Å²) in [5.74, 6) is 68.7. The Morgan fingerprint density at radius 3 is 0.788 bits per heavy atom. The summed E-state index contributed by atoms with van der Waals surface area (Å²) in [4.78, 5) is 23.7. The van der Waals surface area contributed by atoms with Crippen molar-refractivity contribution < 1.29 is 19.1 Å². The maximum Gasteiger partial charge on any atom is 0.385 e. The Morgan fingerprint density at radius 1 is 0.288 bits per heavy atom. The molecule has 0 spiro atoms. The Bertz CT molecular complexity index is 2330. The summed E-state index contributed by atoms with van der Waals surface area (Å²) in [5, 5.41) is 0. The van der Waals surface area contributed by atoms with Gasteiger partial charge in [0.25, 0.3) is 0 Å². The van der Waals surface area contributed by atoms with E-state index in [0.29, 0.717) is 6.42 Å². The van der Waals surface area contributed by atoms with Gasteiger partial charge in [-0.05, 0) is 108 Å². The maximum atomic E-state index is 12.0. The Labute approximate surface area is 402 Å². The molecule has 0 radical (unpaired) electrons. The number of carbonyl (C=O) groups is 2. The Kier molecular flexibility index (Phi) is 48.0. The van der Waals surface area contributed by atoms with Crippen LogP contribution in [-0.4, -0.2) is 25.2 Å². The average molecular weight is 875 g/mol. The largest absolute Gasteiger partial charge is 0.462 e. The van der Waals surface area contributed by atoms with E-state index in [4.69, 9.17) is 9.47 Å². The summed E-state index contributed by atoms with van der Waals surface area (Å²) < 4.78 is 10.1. The van der Waals surface area contributed by atoms with Gasteiger partial charge in [0.15, 0.2) is 0 Å².